The molecule has 26 heavy (non-hydrogen) atoms. The summed E-state index contributed by atoms with van der Waals surface area (Å²) in [6, 6.07) is 11.4. The molecule has 0 aliphatic carbocycles. The van der Waals surface area contributed by atoms with Gasteiger partial charge in [0.2, 0.25) is 5.91 Å². The molecule has 3 N–H and O–H groups in total. The van der Waals surface area contributed by atoms with Crippen LogP contribution in [0.2, 0.25) is 0 Å². The number of nitrogens with one attached hydrogen (secondary N) is 2. The van der Waals surface area contributed by atoms with Gasteiger partial charge in [0.1, 0.15) is 5.82 Å². The smallest absolute Gasteiger partial charge is 0.317 e. The second-order valence-corrected chi connectivity index (χ2v) is 6.28. The molecule has 0 bridgehead atoms. The van der Waals surface area contributed by atoms with Gasteiger partial charge in [-0.05, 0) is 41.8 Å². The molecule has 7 heteroatoms. The monoisotopic (exact) mass is 354 g/mol. The highest BCUT2D eigenvalue weighted by atomic mass is 16.4. The van der Waals surface area contributed by atoms with Gasteiger partial charge in [-0.25, -0.2) is 4.98 Å². The highest BCUT2D eigenvalue weighted by Gasteiger charge is 2.18. The fourth-order valence-corrected chi connectivity index (χ4v) is 3.01. The van der Waals surface area contributed by atoms with Crippen molar-refractivity contribution in [2.75, 3.05) is 30.3 Å². The standard InChI is InChI=1S/C19H22N4O3/c24-18(6-9-21-17-3-1-2-8-20-17)22-16-5-4-15-12-23(13-19(25)26)10-7-14(15)11-16/h1-5,8,11H,6-7,9-10,12-13H2,(H,20,21)(H,22,24)(H,25,26). The number of carbonyl (C=O) groups is 2. The number of aliphatic carboxylic acids is 1. The average Bonchev–Trinajstić information content (AvgIpc) is 2.62. The highest BCUT2D eigenvalue weighted by Crippen LogP contribution is 2.22. The van der Waals surface area contributed by atoms with E-state index in [0.29, 0.717) is 26.1 Å². The van der Waals surface area contributed by atoms with E-state index in [4.69, 9.17) is 5.11 Å². The number of benzene rings is 1. The van der Waals surface area contributed by atoms with Gasteiger partial charge < -0.3 is 15.7 Å². The molecule has 2 aromatic rings. The zero-order chi connectivity index (χ0) is 18.4. The summed E-state index contributed by atoms with van der Waals surface area (Å²) in [5.74, 6) is -0.117. The molecular weight excluding hydrogens is 332 g/mol. The SMILES string of the molecule is O=C(O)CN1CCc2cc(NC(=O)CCNc3ccccn3)ccc2C1. The fourth-order valence-electron chi connectivity index (χ4n) is 3.01. The van der Waals surface area contributed by atoms with Crippen molar-refractivity contribution in [3.63, 3.8) is 0 Å². The highest BCUT2D eigenvalue weighted by molar-refractivity contribution is 5.91. The summed E-state index contributed by atoms with van der Waals surface area (Å²) in [4.78, 5) is 29.0. The summed E-state index contributed by atoms with van der Waals surface area (Å²) in [6.45, 7) is 1.91. The van der Waals surface area contributed by atoms with Crippen LogP contribution in [0.15, 0.2) is 42.6 Å². The molecule has 1 aliphatic heterocycles. The van der Waals surface area contributed by atoms with Gasteiger partial charge in [-0.3, -0.25) is 14.5 Å². The molecule has 1 aliphatic rings. The Morgan fingerprint density at radius 3 is 2.85 bits per heavy atom. The number of rotatable bonds is 7. The largest absolute Gasteiger partial charge is 0.480 e. The lowest BCUT2D eigenvalue weighted by molar-refractivity contribution is -0.138. The van der Waals surface area contributed by atoms with Gasteiger partial charge >= 0.3 is 5.97 Å². The maximum absolute atomic E-state index is 12.1. The molecule has 0 spiro atoms. The van der Waals surface area contributed by atoms with Crippen molar-refractivity contribution in [3.8, 4) is 0 Å². The third kappa shape index (κ3) is 5.03. The topological polar surface area (TPSA) is 94.6 Å². The van der Waals surface area contributed by atoms with Crippen molar-refractivity contribution < 1.29 is 14.7 Å². The molecule has 1 aromatic carbocycles. The molecule has 2 heterocycles. The van der Waals surface area contributed by atoms with Crippen molar-refractivity contribution in [2.45, 2.75) is 19.4 Å². The molecule has 3 rings (SSSR count). The number of amides is 1. The lowest BCUT2D eigenvalue weighted by atomic mass is 9.99. The van der Waals surface area contributed by atoms with Crippen LogP contribution in [0.3, 0.4) is 0 Å². The number of hydrogen-bond acceptors (Lipinski definition) is 5. The number of anilines is 2. The number of fused-ring (bicyclic) bond motifs is 1. The molecule has 0 unspecified atom stereocenters. The van der Waals surface area contributed by atoms with Crippen molar-refractivity contribution in [2.24, 2.45) is 0 Å². The van der Waals surface area contributed by atoms with Crippen LogP contribution in [-0.4, -0.2) is 46.5 Å². The van der Waals surface area contributed by atoms with E-state index in [1.165, 1.54) is 0 Å². The molecule has 0 fully saturated rings. The number of carboxylic acid groups (broad SMARTS) is 1. The summed E-state index contributed by atoms with van der Waals surface area (Å²) in [5, 5.41) is 14.9. The first-order valence-corrected chi connectivity index (χ1v) is 8.61. The minimum absolute atomic E-state index is 0.0567. The summed E-state index contributed by atoms with van der Waals surface area (Å²) in [7, 11) is 0. The first-order valence-electron chi connectivity index (χ1n) is 8.61. The Bertz CT molecular complexity index is 780. The third-order valence-electron chi connectivity index (χ3n) is 4.26. The van der Waals surface area contributed by atoms with Crippen molar-refractivity contribution in [1.82, 2.24) is 9.88 Å². The molecule has 0 atom stereocenters. The van der Waals surface area contributed by atoms with Crippen molar-refractivity contribution >= 4 is 23.4 Å². The van der Waals surface area contributed by atoms with E-state index in [1.54, 1.807) is 6.20 Å². The minimum Gasteiger partial charge on any atom is -0.480 e. The van der Waals surface area contributed by atoms with Gasteiger partial charge in [0.25, 0.3) is 0 Å². The van der Waals surface area contributed by atoms with E-state index in [1.807, 2.05) is 41.3 Å². The molecule has 136 valence electrons. The van der Waals surface area contributed by atoms with E-state index >= 15 is 0 Å². The second kappa shape index (κ2) is 8.44. The maximum Gasteiger partial charge on any atom is 0.317 e. The zero-order valence-electron chi connectivity index (χ0n) is 14.4. The normalized spacial score (nSPS) is 13.7. The lowest BCUT2D eigenvalue weighted by Gasteiger charge is -2.27. The number of carboxylic acids is 1. The quantitative estimate of drug-likeness (QED) is 0.704. The molecular formula is C19H22N4O3. The Balaban J connectivity index is 1.49. The van der Waals surface area contributed by atoms with E-state index in [-0.39, 0.29) is 12.5 Å². The Hall–Kier alpha value is -2.93. The van der Waals surface area contributed by atoms with Gasteiger partial charge in [0, 0.05) is 37.9 Å². The minimum atomic E-state index is -0.809. The number of carbonyl (C=O) groups excluding carboxylic acids is 1. The fraction of sp³-hybridized carbons (Fsp3) is 0.316. The Morgan fingerprint density at radius 2 is 2.08 bits per heavy atom. The van der Waals surface area contributed by atoms with Crippen LogP contribution in [-0.2, 0) is 22.6 Å². The number of nitrogens with zero attached hydrogens (tertiary/aromatic N) is 2. The van der Waals surface area contributed by atoms with Crippen LogP contribution in [0.5, 0.6) is 0 Å². The average molecular weight is 354 g/mol. The van der Waals surface area contributed by atoms with Crippen LogP contribution in [0.1, 0.15) is 17.5 Å². The zero-order valence-corrected chi connectivity index (χ0v) is 14.4. The Labute approximate surface area is 152 Å². The van der Waals surface area contributed by atoms with E-state index in [0.717, 1.165) is 29.1 Å². The summed E-state index contributed by atoms with van der Waals surface area (Å²) >= 11 is 0. The third-order valence-corrected chi connectivity index (χ3v) is 4.26. The van der Waals surface area contributed by atoms with E-state index in [2.05, 4.69) is 15.6 Å². The van der Waals surface area contributed by atoms with Crippen LogP contribution < -0.4 is 10.6 Å². The predicted molar refractivity (Wildman–Crippen MR) is 99.0 cm³/mol. The van der Waals surface area contributed by atoms with Crippen LogP contribution in [0.4, 0.5) is 11.5 Å². The molecule has 1 amide bonds. The van der Waals surface area contributed by atoms with E-state index < -0.39 is 5.97 Å². The molecule has 0 saturated heterocycles. The number of hydrogen-bond donors (Lipinski definition) is 3. The summed E-state index contributed by atoms with van der Waals surface area (Å²) in [5.41, 5.74) is 3.06. The van der Waals surface area contributed by atoms with Gasteiger partial charge in [-0.1, -0.05) is 12.1 Å². The second-order valence-electron chi connectivity index (χ2n) is 6.28. The first kappa shape index (κ1) is 17.9. The predicted octanol–water partition coefficient (Wildman–Crippen LogP) is 1.96. The summed E-state index contributed by atoms with van der Waals surface area (Å²) < 4.78 is 0. The number of aromatic nitrogens is 1. The van der Waals surface area contributed by atoms with Crippen LogP contribution in [0, 0.1) is 0 Å². The Morgan fingerprint density at radius 1 is 1.19 bits per heavy atom. The summed E-state index contributed by atoms with van der Waals surface area (Å²) in [6.07, 6.45) is 2.83. The van der Waals surface area contributed by atoms with Crippen molar-refractivity contribution in [1.29, 1.82) is 0 Å². The molecule has 7 nitrogen and oxygen atoms in total. The lowest BCUT2D eigenvalue weighted by Crippen LogP contribution is -2.34. The first-order chi connectivity index (χ1) is 12.6. The van der Waals surface area contributed by atoms with Gasteiger partial charge in [-0.2, -0.15) is 0 Å². The van der Waals surface area contributed by atoms with Crippen molar-refractivity contribution in [3.05, 3.63) is 53.7 Å². The van der Waals surface area contributed by atoms with E-state index in [9.17, 15) is 9.59 Å². The van der Waals surface area contributed by atoms with Gasteiger partial charge in [-0.15, -0.1) is 0 Å². The van der Waals surface area contributed by atoms with Crippen LogP contribution >= 0.6 is 0 Å². The van der Waals surface area contributed by atoms with Gasteiger partial charge in [0.15, 0.2) is 0 Å². The number of pyridine rings is 1. The van der Waals surface area contributed by atoms with Crippen LogP contribution in [0.25, 0.3) is 0 Å². The Kier molecular flexibility index (Phi) is 5.80. The molecule has 0 saturated carbocycles. The molecule has 1 aromatic heterocycles. The molecule has 0 radical (unpaired) electrons. The maximum atomic E-state index is 12.1. The van der Waals surface area contributed by atoms with Gasteiger partial charge in [0.05, 0.1) is 6.54 Å².